The lowest BCUT2D eigenvalue weighted by Gasteiger charge is -2.43. The molecule has 2 atom stereocenters. The van der Waals surface area contributed by atoms with Crippen molar-refractivity contribution < 1.29 is 0 Å². The normalized spacial score (nSPS) is 20.9. The molecule has 1 fully saturated rings. The molecule has 2 N–H and O–H groups in total. The van der Waals surface area contributed by atoms with Gasteiger partial charge in [-0.25, -0.2) is 0 Å². The van der Waals surface area contributed by atoms with Crippen LogP contribution in [0.5, 0.6) is 0 Å². The molecule has 2 unspecified atom stereocenters. The number of nitrogens with two attached hydrogens (primary N) is 1. The third kappa shape index (κ3) is 3.38. The van der Waals surface area contributed by atoms with Crippen LogP contribution in [-0.2, 0) is 6.42 Å². The van der Waals surface area contributed by atoms with E-state index in [0.717, 1.165) is 27.9 Å². The van der Waals surface area contributed by atoms with Crippen LogP contribution in [0.4, 0.5) is 0 Å². The zero-order chi connectivity index (χ0) is 14.8. The molecule has 2 nitrogen and oxygen atoms in total. The predicted octanol–water partition coefficient (Wildman–Crippen LogP) is 4.24. The Morgan fingerprint density at radius 3 is 2.60 bits per heavy atom. The van der Waals surface area contributed by atoms with E-state index < -0.39 is 0 Å². The molecule has 20 heavy (non-hydrogen) atoms. The van der Waals surface area contributed by atoms with Crippen molar-refractivity contribution >= 4 is 27.5 Å². The minimum Gasteiger partial charge on any atom is -0.326 e. The van der Waals surface area contributed by atoms with Gasteiger partial charge in [-0.3, -0.25) is 4.90 Å². The van der Waals surface area contributed by atoms with Gasteiger partial charge in [0.2, 0.25) is 0 Å². The second-order valence-electron chi connectivity index (χ2n) is 5.95. The maximum atomic E-state index is 6.57. The number of hydrogen-bond acceptors (Lipinski definition) is 2. The average Bonchev–Trinajstić information content (AvgIpc) is 2.95. The van der Waals surface area contributed by atoms with Crippen LogP contribution in [0.2, 0.25) is 5.02 Å². The third-order valence-corrected chi connectivity index (χ3v) is 5.64. The van der Waals surface area contributed by atoms with E-state index in [4.69, 9.17) is 17.3 Å². The maximum Gasteiger partial charge on any atom is 0.0449 e. The fourth-order valence-electron chi connectivity index (χ4n) is 3.09. The molecule has 0 spiro atoms. The fourth-order valence-corrected chi connectivity index (χ4v) is 3.84. The minimum atomic E-state index is 0.0624. The summed E-state index contributed by atoms with van der Waals surface area (Å²) in [6.45, 7) is 6.88. The van der Waals surface area contributed by atoms with Gasteiger partial charge < -0.3 is 5.73 Å². The number of hydrogen-bond donors (Lipinski definition) is 1. The van der Waals surface area contributed by atoms with Gasteiger partial charge in [-0.2, -0.15) is 0 Å². The number of nitrogens with zero attached hydrogens (tertiary/aromatic N) is 1. The van der Waals surface area contributed by atoms with Crippen molar-refractivity contribution in [3.05, 3.63) is 33.3 Å². The Balaban J connectivity index is 2.14. The highest BCUT2D eigenvalue weighted by Crippen LogP contribution is 2.30. The van der Waals surface area contributed by atoms with E-state index in [1.807, 2.05) is 12.1 Å². The lowest BCUT2D eigenvalue weighted by Crippen LogP contribution is -2.57. The fraction of sp³-hybridized carbons (Fsp3) is 0.625. The summed E-state index contributed by atoms with van der Waals surface area (Å²) in [4.78, 5) is 2.56. The molecule has 0 saturated carbocycles. The van der Waals surface area contributed by atoms with Crippen LogP contribution in [0, 0.1) is 0 Å². The van der Waals surface area contributed by atoms with Crippen molar-refractivity contribution in [1.82, 2.24) is 4.90 Å². The van der Waals surface area contributed by atoms with E-state index in [-0.39, 0.29) is 11.6 Å². The summed E-state index contributed by atoms with van der Waals surface area (Å²) < 4.78 is 1.01. The van der Waals surface area contributed by atoms with Gasteiger partial charge in [-0.1, -0.05) is 40.5 Å². The van der Waals surface area contributed by atoms with Gasteiger partial charge in [0.15, 0.2) is 0 Å². The molecule has 1 aromatic carbocycles. The highest BCUT2D eigenvalue weighted by molar-refractivity contribution is 9.10. The van der Waals surface area contributed by atoms with Crippen molar-refractivity contribution in [2.45, 2.75) is 51.1 Å². The monoisotopic (exact) mass is 358 g/mol. The van der Waals surface area contributed by atoms with E-state index in [1.165, 1.54) is 25.9 Å². The van der Waals surface area contributed by atoms with Crippen LogP contribution in [0.3, 0.4) is 0 Å². The van der Waals surface area contributed by atoms with Gasteiger partial charge in [0.05, 0.1) is 0 Å². The maximum absolute atomic E-state index is 6.57. The zero-order valence-electron chi connectivity index (χ0n) is 12.3. The molecule has 0 amide bonds. The Hall–Kier alpha value is -0.0900. The summed E-state index contributed by atoms with van der Waals surface area (Å²) >= 11 is 9.77. The van der Waals surface area contributed by atoms with Crippen molar-refractivity contribution in [3.63, 3.8) is 0 Å². The van der Waals surface area contributed by atoms with Crippen LogP contribution in [-0.4, -0.2) is 29.6 Å². The molecule has 1 aromatic rings. The Kier molecular flexibility index (Phi) is 5.52. The third-order valence-electron chi connectivity index (χ3n) is 4.80. The summed E-state index contributed by atoms with van der Waals surface area (Å²) in [5.41, 5.74) is 7.77. The van der Waals surface area contributed by atoms with Crippen LogP contribution >= 0.6 is 27.5 Å². The van der Waals surface area contributed by atoms with E-state index in [9.17, 15) is 0 Å². The Labute approximate surface area is 135 Å². The topological polar surface area (TPSA) is 29.3 Å². The van der Waals surface area contributed by atoms with Crippen molar-refractivity contribution in [2.24, 2.45) is 5.73 Å². The number of benzene rings is 1. The van der Waals surface area contributed by atoms with Crippen LogP contribution < -0.4 is 5.73 Å². The molecule has 1 aliphatic rings. The minimum absolute atomic E-state index is 0.0624. The average molecular weight is 360 g/mol. The van der Waals surface area contributed by atoms with Gasteiger partial charge in [-0.15, -0.1) is 0 Å². The van der Waals surface area contributed by atoms with Crippen molar-refractivity contribution in [2.75, 3.05) is 13.1 Å². The smallest absolute Gasteiger partial charge is 0.0449 e. The molecule has 0 aliphatic carbocycles. The first-order valence-electron chi connectivity index (χ1n) is 7.42. The number of likely N-dealkylation sites (tertiary alicyclic amines) is 1. The molecule has 2 rings (SSSR count). The van der Waals surface area contributed by atoms with E-state index >= 15 is 0 Å². The number of rotatable bonds is 5. The largest absolute Gasteiger partial charge is 0.326 e. The molecule has 112 valence electrons. The van der Waals surface area contributed by atoms with Gasteiger partial charge >= 0.3 is 0 Å². The second kappa shape index (κ2) is 6.78. The molecule has 0 bridgehead atoms. The first-order chi connectivity index (χ1) is 9.47. The summed E-state index contributed by atoms with van der Waals surface area (Å²) in [6, 6.07) is 6.16. The number of halogens is 2. The summed E-state index contributed by atoms with van der Waals surface area (Å²) in [6.07, 6.45) is 4.48. The van der Waals surface area contributed by atoms with Crippen molar-refractivity contribution in [3.8, 4) is 0 Å². The second-order valence-corrected chi connectivity index (χ2v) is 7.27. The first-order valence-corrected chi connectivity index (χ1v) is 8.59. The highest BCUT2D eigenvalue weighted by Gasteiger charge is 2.37. The highest BCUT2D eigenvalue weighted by atomic mass is 79.9. The Morgan fingerprint density at radius 2 is 2.05 bits per heavy atom. The summed E-state index contributed by atoms with van der Waals surface area (Å²) in [5, 5.41) is 0.801. The van der Waals surface area contributed by atoms with Crippen LogP contribution in [0.25, 0.3) is 0 Å². The van der Waals surface area contributed by atoms with E-state index in [0.29, 0.717) is 0 Å². The summed E-state index contributed by atoms with van der Waals surface area (Å²) in [5.74, 6) is 0. The zero-order valence-corrected chi connectivity index (χ0v) is 14.7. The first kappa shape index (κ1) is 16.3. The molecule has 1 aliphatic heterocycles. The molecule has 0 aromatic heterocycles. The standard InChI is InChI=1S/C16H24BrClN2/c1-3-16(2,20-8-4-5-9-20)15(19)10-12-6-7-13(17)11-14(12)18/h6-7,11,15H,3-5,8-10,19H2,1-2H3. The summed E-state index contributed by atoms with van der Waals surface area (Å²) in [7, 11) is 0. The lowest BCUT2D eigenvalue weighted by atomic mass is 9.84. The van der Waals surface area contributed by atoms with Gasteiger partial charge in [0.25, 0.3) is 0 Å². The van der Waals surface area contributed by atoms with Gasteiger partial charge in [0.1, 0.15) is 0 Å². The molecule has 1 saturated heterocycles. The van der Waals surface area contributed by atoms with Crippen molar-refractivity contribution in [1.29, 1.82) is 0 Å². The quantitative estimate of drug-likeness (QED) is 0.852. The van der Waals surface area contributed by atoms with E-state index in [2.05, 4.69) is 40.7 Å². The van der Waals surface area contributed by atoms with Crippen LogP contribution in [0.1, 0.15) is 38.7 Å². The SMILES string of the molecule is CCC(C)(C(N)Cc1ccc(Br)cc1Cl)N1CCCC1. The molecule has 4 heteroatoms. The Morgan fingerprint density at radius 1 is 1.40 bits per heavy atom. The van der Waals surface area contributed by atoms with Gasteiger partial charge in [0, 0.05) is 21.1 Å². The van der Waals surface area contributed by atoms with Crippen LogP contribution in [0.15, 0.2) is 22.7 Å². The van der Waals surface area contributed by atoms with Gasteiger partial charge in [-0.05, 0) is 63.4 Å². The molecular formula is C16H24BrClN2. The van der Waals surface area contributed by atoms with E-state index in [1.54, 1.807) is 0 Å². The molecular weight excluding hydrogens is 336 g/mol. The molecule has 0 radical (unpaired) electrons. The Bertz CT molecular complexity index is 460. The predicted molar refractivity (Wildman–Crippen MR) is 90.3 cm³/mol. The molecule has 1 heterocycles. The lowest BCUT2D eigenvalue weighted by molar-refractivity contribution is 0.0999.